The lowest BCUT2D eigenvalue weighted by atomic mass is 9.72. The van der Waals surface area contributed by atoms with Gasteiger partial charge in [-0.3, -0.25) is 34.2 Å². The van der Waals surface area contributed by atoms with E-state index in [1.165, 1.54) is 12.1 Å². The molecule has 60 heavy (non-hydrogen) atoms. The van der Waals surface area contributed by atoms with E-state index < -0.39 is 47.1 Å². The number of imide groups is 2. The highest BCUT2D eigenvalue weighted by Gasteiger charge is 2.52. The number of aromatic nitrogens is 1. The van der Waals surface area contributed by atoms with Gasteiger partial charge in [-0.2, -0.15) is 13.2 Å². The maximum absolute atomic E-state index is 13.5. The Kier molecular flexibility index (Phi) is 10.0. The summed E-state index contributed by atoms with van der Waals surface area (Å²) in [6, 6.07) is 11.8. The Morgan fingerprint density at radius 1 is 0.817 bits per heavy atom. The topological polar surface area (TPSA) is 143 Å². The minimum absolute atomic E-state index is 0.0827. The van der Waals surface area contributed by atoms with Gasteiger partial charge >= 0.3 is 6.18 Å². The maximum atomic E-state index is 13.5. The second-order valence-electron chi connectivity index (χ2n) is 17.1. The lowest BCUT2D eigenvalue weighted by Gasteiger charge is -2.61. The Balaban J connectivity index is 0.693. The highest BCUT2D eigenvalue weighted by atomic mass is 19.4. The molecule has 2 N–H and O–H groups in total. The Bertz CT molecular complexity index is 2280. The molecule has 1 spiro atoms. The molecule has 0 bridgehead atoms. The van der Waals surface area contributed by atoms with Crippen molar-refractivity contribution in [3.63, 3.8) is 0 Å². The number of carbonyl (C=O) groups is 5. The number of carbonyl (C=O) groups excluding carboxylic acids is 5. The largest absolute Gasteiger partial charge is 0.407 e. The van der Waals surface area contributed by atoms with E-state index in [0.717, 1.165) is 81.0 Å². The summed E-state index contributed by atoms with van der Waals surface area (Å²) in [6.45, 7) is 14.6. The van der Waals surface area contributed by atoms with Gasteiger partial charge in [-0.1, -0.05) is 6.07 Å². The van der Waals surface area contributed by atoms with E-state index in [9.17, 15) is 37.1 Å². The number of hydrogen-bond donors (Lipinski definition) is 2. The molecule has 5 fully saturated rings. The van der Waals surface area contributed by atoms with Gasteiger partial charge in [0.1, 0.15) is 11.9 Å². The van der Waals surface area contributed by atoms with Crippen molar-refractivity contribution in [3.05, 3.63) is 82.8 Å². The van der Waals surface area contributed by atoms with Crippen LogP contribution in [0.3, 0.4) is 0 Å². The van der Waals surface area contributed by atoms with Crippen LogP contribution in [0.5, 0.6) is 0 Å². The number of rotatable bonds is 8. The summed E-state index contributed by atoms with van der Waals surface area (Å²) < 4.78 is 40.4. The lowest BCUT2D eigenvalue weighted by molar-refractivity contribution is -0.137. The van der Waals surface area contributed by atoms with E-state index in [1.807, 2.05) is 23.1 Å². The zero-order valence-corrected chi connectivity index (χ0v) is 32.8. The van der Waals surface area contributed by atoms with Crippen molar-refractivity contribution < 1.29 is 37.1 Å². The number of piperidine rings is 3. The Morgan fingerprint density at radius 2 is 1.47 bits per heavy atom. The average Bonchev–Trinajstić information content (AvgIpc) is 3.46. The van der Waals surface area contributed by atoms with Gasteiger partial charge in [0, 0.05) is 88.0 Å². The molecule has 6 aliphatic rings. The summed E-state index contributed by atoms with van der Waals surface area (Å²) in [5.41, 5.74) is 1.71. The van der Waals surface area contributed by atoms with E-state index in [-0.39, 0.29) is 35.6 Å². The van der Waals surface area contributed by atoms with Gasteiger partial charge < -0.3 is 24.9 Å². The molecule has 17 heteroatoms. The van der Waals surface area contributed by atoms with Gasteiger partial charge in [-0.15, -0.1) is 0 Å². The Hall–Kier alpha value is -6.02. The molecular formula is C43H44F3N9O5. The quantitative estimate of drug-likeness (QED) is 0.237. The van der Waals surface area contributed by atoms with E-state index in [2.05, 4.69) is 35.2 Å². The van der Waals surface area contributed by atoms with Crippen LogP contribution in [0, 0.1) is 23.8 Å². The first-order chi connectivity index (χ1) is 28.8. The second-order valence-corrected chi connectivity index (χ2v) is 17.1. The molecule has 5 saturated heterocycles. The molecule has 1 aromatic heterocycles. The van der Waals surface area contributed by atoms with Crippen LogP contribution in [-0.2, 0) is 20.6 Å². The number of alkyl halides is 3. The van der Waals surface area contributed by atoms with E-state index in [1.54, 1.807) is 18.3 Å². The van der Waals surface area contributed by atoms with Crippen LogP contribution in [-0.4, -0.2) is 109 Å². The molecule has 5 amide bonds. The second kappa shape index (κ2) is 15.2. The maximum Gasteiger partial charge on any atom is 0.407 e. The van der Waals surface area contributed by atoms with Crippen molar-refractivity contribution in [3.8, 4) is 0 Å². The Morgan fingerprint density at radius 3 is 2.13 bits per heavy atom. The predicted octanol–water partition coefficient (Wildman–Crippen LogP) is 4.95. The van der Waals surface area contributed by atoms with Crippen molar-refractivity contribution >= 4 is 58.1 Å². The fourth-order valence-electron chi connectivity index (χ4n) is 9.89. The van der Waals surface area contributed by atoms with Crippen LogP contribution in [0.25, 0.3) is 4.85 Å². The molecule has 1 atom stereocenters. The average molecular weight is 824 g/mol. The number of hydrogen-bond acceptors (Lipinski definition) is 10. The van der Waals surface area contributed by atoms with Crippen LogP contribution in [0.1, 0.15) is 64.8 Å². The molecule has 0 aliphatic carbocycles. The summed E-state index contributed by atoms with van der Waals surface area (Å²) in [7, 11) is 0. The molecule has 1 unspecified atom stereocenters. The van der Waals surface area contributed by atoms with Crippen molar-refractivity contribution in [2.45, 2.75) is 50.7 Å². The number of benzene rings is 2. The number of amides is 5. The van der Waals surface area contributed by atoms with E-state index >= 15 is 0 Å². The molecule has 312 valence electrons. The lowest BCUT2D eigenvalue weighted by Crippen LogP contribution is -2.72. The third-order valence-corrected chi connectivity index (χ3v) is 13.1. The predicted molar refractivity (Wildman–Crippen MR) is 215 cm³/mol. The van der Waals surface area contributed by atoms with Gasteiger partial charge in [0.15, 0.2) is 5.69 Å². The summed E-state index contributed by atoms with van der Waals surface area (Å²) in [5, 5.41) is 5.14. The first-order valence-corrected chi connectivity index (χ1v) is 20.5. The summed E-state index contributed by atoms with van der Waals surface area (Å²) in [6.07, 6.45) is 0.473. The van der Waals surface area contributed by atoms with Crippen molar-refractivity contribution in [2.75, 3.05) is 78.9 Å². The van der Waals surface area contributed by atoms with E-state index in [4.69, 9.17) is 6.57 Å². The number of likely N-dealkylation sites (tertiary alicyclic amines) is 1. The SMILES string of the molecule is [C-]#[N+]c1ccc(N2CCC(C(=O)Nc3ccc(N4CCC(CN5CC6(C5)CN(c5ccc7c(c5)C(=O)N(C5CCC(=O)NC5=O)C7=O)C6)CC4)cn3)CC2)cc1C(F)(F)F. The van der Waals surface area contributed by atoms with Gasteiger partial charge in [-0.05, 0) is 80.5 Å². The first-order valence-electron chi connectivity index (χ1n) is 20.5. The minimum atomic E-state index is -4.62. The monoisotopic (exact) mass is 823 g/mol. The van der Waals surface area contributed by atoms with Crippen LogP contribution in [0.15, 0.2) is 54.7 Å². The van der Waals surface area contributed by atoms with Crippen molar-refractivity contribution in [1.82, 2.24) is 20.1 Å². The highest BCUT2D eigenvalue weighted by Crippen LogP contribution is 2.44. The van der Waals surface area contributed by atoms with Gasteiger partial charge in [-0.25, -0.2) is 9.83 Å². The summed E-state index contributed by atoms with van der Waals surface area (Å²) >= 11 is 0. The molecule has 14 nitrogen and oxygen atoms in total. The smallest absolute Gasteiger partial charge is 0.372 e. The zero-order valence-electron chi connectivity index (χ0n) is 32.8. The minimum Gasteiger partial charge on any atom is -0.372 e. The van der Waals surface area contributed by atoms with Gasteiger partial charge in [0.05, 0.1) is 35.1 Å². The number of nitrogens with zero attached hydrogens (tertiary/aromatic N) is 7. The highest BCUT2D eigenvalue weighted by molar-refractivity contribution is 6.23. The Labute approximate surface area is 344 Å². The molecule has 7 heterocycles. The molecule has 0 saturated carbocycles. The third-order valence-electron chi connectivity index (χ3n) is 13.1. The number of halogens is 3. The van der Waals surface area contributed by atoms with Crippen LogP contribution >= 0.6 is 0 Å². The molecule has 3 aromatic rings. The number of fused-ring (bicyclic) bond motifs is 1. The van der Waals surface area contributed by atoms with Gasteiger partial charge in [0.25, 0.3) is 11.8 Å². The van der Waals surface area contributed by atoms with Crippen molar-refractivity contribution in [2.24, 2.45) is 17.3 Å². The fraction of sp³-hybridized carbons (Fsp3) is 0.465. The van der Waals surface area contributed by atoms with Crippen LogP contribution in [0.2, 0.25) is 0 Å². The fourth-order valence-corrected chi connectivity index (χ4v) is 9.89. The molecule has 2 aromatic carbocycles. The summed E-state index contributed by atoms with van der Waals surface area (Å²) in [4.78, 5) is 80.9. The normalized spacial score (nSPS) is 22.3. The first kappa shape index (κ1) is 39.4. The number of pyridine rings is 1. The molecule has 6 aliphatic heterocycles. The standard InChI is InChI=1S/C43H44F3N9O5/c1-47-34-6-3-29(19-33(34)43(44,45)46)52-16-12-27(13-17-52)38(57)49-36-8-4-30(20-48-36)53-14-10-26(11-15-53)21-51-22-42(23-51)24-54(25-42)28-2-5-31-32(18-28)41(60)55(40(31)59)35-7-9-37(56)50-39(35)58/h2-6,8,18-20,26-27,35H,7,9-17,21-25H2,(H,48,49,57)(H,50,56,58). The van der Waals surface area contributed by atoms with E-state index in [0.29, 0.717) is 48.9 Å². The van der Waals surface area contributed by atoms with Crippen LogP contribution in [0.4, 0.5) is 41.7 Å². The number of anilines is 4. The van der Waals surface area contributed by atoms with Gasteiger partial charge in [0.2, 0.25) is 17.7 Å². The molecule has 9 rings (SSSR count). The molecular weight excluding hydrogens is 780 g/mol. The molecule has 0 radical (unpaired) electrons. The zero-order chi connectivity index (χ0) is 41.9. The van der Waals surface area contributed by atoms with Crippen molar-refractivity contribution in [1.29, 1.82) is 0 Å². The van der Waals surface area contributed by atoms with Crippen LogP contribution < -0.4 is 25.3 Å². The summed E-state index contributed by atoms with van der Waals surface area (Å²) in [5.74, 6) is -1.41. The number of nitrogens with one attached hydrogen (secondary N) is 2. The third kappa shape index (κ3) is 7.41.